The highest BCUT2D eigenvalue weighted by atomic mass is 14.9. The molecule has 0 bridgehead atoms. The van der Waals surface area contributed by atoms with Gasteiger partial charge in [0.15, 0.2) is 0 Å². The number of nitrogens with one attached hydrogen (secondary N) is 1. The smallest absolute Gasteiger partial charge is 0.00227 e. The summed E-state index contributed by atoms with van der Waals surface area (Å²) in [6, 6.07) is 10.9. The molecule has 0 radical (unpaired) electrons. The van der Waals surface area contributed by atoms with Crippen molar-refractivity contribution in [3.63, 3.8) is 0 Å². The first-order valence-corrected chi connectivity index (χ1v) is 6.55. The molecule has 16 heavy (non-hydrogen) atoms. The standard InChI is InChI=1S/C15H25N/c1-4-11-16-12-15(13(3)5-2)14-9-7-6-8-10-14/h6-10,13,15-16H,4-5,11-12H2,1-3H3. The van der Waals surface area contributed by atoms with E-state index in [1.165, 1.54) is 18.4 Å². The Labute approximate surface area is 100 Å². The van der Waals surface area contributed by atoms with Gasteiger partial charge in [-0.3, -0.25) is 0 Å². The summed E-state index contributed by atoms with van der Waals surface area (Å²) in [5.41, 5.74) is 1.47. The number of hydrogen-bond acceptors (Lipinski definition) is 1. The van der Waals surface area contributed by atoms with Crippen molar-refractivity contribution < 1.29 is 0 Å². The topological polar surface area (TPSA) is 12.0 Å². The molecule has 0 aromatic heterocycles. The number of hydrogen-bond donors (Lipinski definition) is 1. The van der Waals surface area contributed by atoms with Crippen molar-refractivity contribution in [2.45, 2.75) is 39.5 Å². The predicted octanol–water partition coefficient (Wildman–Crippen LogP) is 3.82. The average Bonchev–Trinajstić information content (AvgIpc) is 2.35. The summed E-state index contributed by atoms with van der Waals surface area (Å²) < 4.78 is 0. The minimum absolute atomic E-state index is 0.651. The first kappa shape index (κ1) is 13.2. The van der Waals surface area contributed by atoms with Gasteiger partial charge in [-0.15, -0.1) is 0 Å². The number of rotatable bonds is 7. The summed E-state index contributed by atoms with van der Waals surface area (Å²) in [7, 11) is 0. The van der Waals surface area contributed by atoms with E-state index >= 15 is 0 Å². The average molecular weight is 219 g/mol. The molecule has 0 heterocycles. The molecule has 1 aromatic rings. The van der Waals surface area contributed by atoms with Gasteiger partial charge in [-0.1, -0.05) is 57.5 Å². The van der Waals surface area contributed by atoms with Crippen molar-refractivity contribution >= 4 is 0 Å². The Bertz CT molecular complexity index is 268. The lowest BCUT2D eigenvalue weighted by Gasteiger charge is -2.24. The van der Waals surface area contributed by atoms with Gasteiger partial charge in [-0.25, -0.2) is 0 Å². The van der Waals surface area contributed by atoms with Crippen molar-refractivity contribution in [1.82, 2.24) is 5.32 Å². The molecule has 1 heteroatoms. The summed E-state index contributed by atoms with van der Waals surface area (Å²) in [6.45, 7) is 9.08. The van der Waals surface area contributed by atoms with E-state index in [1.54, 1.807) is 0 Å². The van der Waals surface area contributed by atoms with Crippen LogP contribution in [0.2, 0.25) is 0 Å². The van der Waals surface area contributed by atoms with Crippen LogP contribution < -0.4 is 5.32 Å². The molecule has 0 saturated heterocycles. The molecule has 1 aromatic carbocycles. The van der Waals surface area contributed by atoms with Crippen molar-refractivity contribution in [2.24, 2.45) is 5.92 Å². The second-order valence-corrected chi connectivity index (χ2v) is 4.61. The molecule has 1 N–H and O–H groups in total. The molecule has 1 nitrogen and oxygen atoms in total. The highest BCUT2D eigenvalue weighted by molar-refractivity contribution is 5.20. The Morgan fingerprint density at radius 3 is 2.38 bits per heavy atom. The predicted molar refractivity (Wildman–Crippen MR) is 71.8 cm³/mol. The first-order valence-electron chi connectivity index (χ1n) is 6.55. The van der Waals surface area contributed by atoms with Crippen LogP contribution >= 0.6 is 0 Å². The lowest BCUT2D eigenvalue weighted by atomic mass is 9.85. The molecule has 0 aliphatic carbocycles. The van der Waals surface area contributed by atoms with Crippen molar-refractivity contribution in [1.29, 1.82) is 0 Å². The minimum Gasteiger partial charge on any atom is -0.316 e. The van der Waals surface area contributed by atoms with E-state index < -0.39 is 0 Å². The van der Waals surface area contributed by atoms with E-state index in [2.05, 4.69) is 56.4 Å². The Morgan fingerprint density at radius 2 is 1.81 bits per heavy atom. The Balaban J connectivity index is 2.64. The second kappa shape index (κ2) is 7.45. The zero-order valence-electron chi connectivity index (χ0n) is 10.9. The van der Waals surface area contributed by atoms with Crippen LogP contribution in [0.25, 0.3) is 0 Å². The second-order valence-electron chi connectivity index (χ2n) is 4.61. The van der Waals surface area contributed by atoms with Crippen LogP contribution in [0.1, 0.15) is 45.1 Å². The zero-order chi connectivity index (χ0) is 11.8. The Morgan fingerprint density at radius 1 is 1.12 bits per heavy atom. The van der Waals surface area contributed by atoms with E-state index in [9.17, 15) is 0 Å². The van der Waals surface area contributed by atoms with Crippen LogP contribution in [0, 0.1) is 5.92 Å². The fourth-order valence-corrected chi connectivity index (χ4v) is 2.07. The summed E-state index contributed by atoms with van der Waals surface area (Å²) in [6.07, 6.45) is 2.45. The SMILES string of the molecule is CCCNCC(c1ccccc1)C(C)CC. The molecule has 0 aliphatic heterocycles. The van der Waals surface area contributed by atoms with E-state index in [0.29, 0.717) is 5.92 Å². The monoisotopic (exact) mass is 219 g/mol. The molecule has 2 unspecified atom stereocenters. The highest BCUT2D eigenvalue weighted by Gasteiger charge is 2.16. The third-order valence-electron chi connectivity index (χ3n) is 3.35. The van der Waals surface area contributed by atoms with Gasteiger partial charge in [-0.2, -0.15) is 0 Å². The molecule has 0 aliphatic rings. The molecule has 0 fully saturated rings. The molecular weight excluding hydrogens is 194 g/mol. The molecule has 0 saturated carbocycles. The Kier molecular flexibility index (Phi) is 6.17. The maximum absolute atomic E-state index is 3.55. The van der Waals surface area contributed by atoms with Crippen LogP contribution in [0.3, 0.4) is 0 Å². The summed E-state index contributed by atoms with van der Waals surface area (Å²) in [4.78, 5) is 0. The molecule has 0 spiro atoms. The van der Waals surface area contributed by atoms with Gasteiger partial charge in [-0.05, 0) is 30.4 Å². The molecule has 2 atom stereocenters. The summed E-state index contributed by atoms with van der Waals surface area (Å²) in [5, 5.41) is 3.55. The van der Waals surface area contributed by atoms with Crippen molar-refractivity contribution in [3.05, 3.63) is 35.9 Å². The summed E-state index contributed by atoms with van der Waals surface area (Å²) in [5.74, 6) is 1.39. The molecule has 1 rings (SSSR count). The fourth-order valence-electron chi connectivity index (χ4n) is 2.07. The van der Waals surface area contributed by atoms with Gasteiger partial charge in [0, 0.05) is 6.54 Å². The van der Waals surface area contributed by atoms with E-state index in [4.69, 9.17) is 0 Å². The molecule has 90 valence electrons. The zero-order valence-corrected chi connectivity index (χ0v) is 10.9. The van der Waals surface area contributed by atoms with E-state index in [1.807, 2.05) is 0 Å². The van der Waals surface area contributed by atoms with E-state index in [-0.39, 0.29) is 0 Å². The van der Waals surface area contributed by atoms with Gasteiger partial charge in [0.1, 0.15) is 0 Å². The fraction of sp³-hybridized carbons (Fsp3) is 0.600. The van der Waals surface area contributed by atoms with Crippen molar-refractivity contribution in [3.8, 4) is 0 Å². The molecule has 0 amide bonds. The van der Waals surface area contributed by atoms with Gasteiger partial charge < -0.3 is 5.32 Å². The van der Waals surface area contributed by atoms with Gasteiger partial charge in [0.25, 0.3) is 0 Å². The lowest BCUT2D eigenvalue weighted by Crippen LogP contribution is -2.26. The van der Waals surface area contributed by atoms with Crippen LogP contribution in [0.15, 0.2) is 30.3 Å². The van der Waals surface area contributed by atoms with Gasteiger partial charge in [0.05, 0.1) is 0 Å². The third kappa shape index (κ3) is 3.97. The minimum atomic E-state index is 0.651. The van der Waals surface area contributed by atoms with Crippen LogP contribution in [0.4, 0.5) is 0 Å². The van der Waals surface area contributed by atoms with Crippen LogP contribution in [-0.2, 0) is 0 Å². The first-order chi connectivity index (χ1) is 7.79. The van der Waals surface area contributed by atoms with E-state index in [0.717, 1.165) is 19.0 Å². The normalized spacial score (nSPS) is 14.7. The Hall–Kier alpha value is -0.820. The third-order valence-corrected chi connectivity index (χ3v) is 3.35. The quantitative estimate of drug-likeness (QED) is 0.687. The summed E-state index contributed by atoms with van der Waals surface area (Å²) >= 11 is 0. The molecular formula is C15H25N. The largest absolute Gasteiger partial charge is 0.316 e. The van der Waals surface area contributed by atoms with Crippen LogP contribution in [0.5, 0.6) is 0 Å². The van der Waals surface area contributed by atoms with Gasteiger partial charge >= 0.3 is 0 Å². The lowest BCUT2D eigenvalue weighted by molar-refractivity contribution is 0.421. The maximum Gasteiger partial charge on any atom is 0.00227 e. The van der Waals surface area contributed by atoms with Gasteiger partial charge in [0.2, 0.25) is 0 Å². The number of benzene rings is 1. The van der Waals surface area contributed by atoms with Crippen LogP contribution in [-0.4, -0.2) is 13.1 Å². The highest BCUT2D eigenvalue weighted by Crippen LogP contribution is 2.25. The maximum atomic E-state index is 3.55. The van der Waals surface area contributed by atoms with Crippen molar-refractivity contribution in [2.75, 3.05) is 13.1 Å².